The molecule has 1 unspecified atom stereocenters. The van der Waals surface area contributed by atoms with Crippen LogP contribution in [0.25, 0.3) is 0 Å². The van der Waals surface area contributed by atoms with Crippen LogP contribution in [0.15, 0.2) is 46.3 Å². The lowest BCUT2D eigenvalue weighted by atomic mass is 10.0. The summed E-state index contributed by atoms with van der Waals surface area (Å²) in [5.74, 6) is 0.0610. The highest BCUT2D eigenvalue weighted by Crippen LogP contribution is 2.23. The van der Waals surface area contributed by atoms with Crippen LogP contribution in [-0.4, -0.2) is 17.9 Å². The van der Waals surface area contributed by atoms with E-state index >= 15 is 0 Å². The molecular formula is C15H18BrClN2OS. The van der Waals surface area contributed by atoms with Gasteiger partial charge in [-0.1, -0.05) is 30.3 Å². The Morgan fingerprint density at radius 3 is 2.52 bits per heavy atom. The molecule has 0 aliphatic heterocycles. The van der Waals surface area contributed by atoms with Crippen LogP contribution >= 0.6 is 39.7 Å². The van der Waals surface area contributed by atoms with Gasteiger partial charge in [0.25, 0.3) is 0 Å². The maximum Gasteiger partial charge on any atom is 0.224 e. The van der Waals surface area contributed by atoms with Crippen LogP contribution in [0.1, 0.15) is 22.9 Å². The predicted octanol–water partition coefficient (Wildman–Crippen LogP) is 3.98. The molecular weight excluding hydrogens is 372 g/mol. The Morgan fingerprint density at radius 2 is 1.95 bits per heavy atom. The number of nitrogens with two attached hydrogens (primary N) is 1. The second kappa shape index (κ2) is 8.54. The highest BCUT2D eigenvalue weighted by molar-refractivity contribution is 9.11. The average Bonchev–Trinajstić information content (AvgIpc) is 2.85. The SMILES string of the molecule is CN(Cc1ccc(Br)s1)C(=O)CC(N)c1ccccc1.Cl. The molecule has 1 atom stereocenters. The van der Waals surface area contributed by atoms with Crippen molar-refractivity contribution >= 4 is 45.6 Å². The van der Waals surface area contributed by atoms with E-state index in [2.05, 4.69) is 15.9 Å². The quantitative estimate of drug-likeness (QED) is 0.840. The van der Waals surface area contributed by atoms with E-state index in [1.165, 1.54) is 0 Å². The van der Waals surface area contributed by atoms with Gasteiger partial charge in [0.05, 0.1) is 10.3 Å². The van der Waals surface area contributed by atoms with E-state index in [4.69, 9.17) is 5.73 Å². The fourth-order valence-electron chi connectivity index (χ4n) is 1.92. The van der Waals surface area contributed by atoms with Crippen molar-refractivity contribution in [3.8, 4) is 0 Å². The van der Waals surface area contributed by atoms with Gasteiger partial charge in [-0.2, -0.15) is 0 Å². The Bertz CT molecular complexity index is 576. The third-order valence-corrected chi connectivity index (χ3v) is 4.68. The summed E-state index contributed by atoms with van der Waals surface area (Å²) < 4.78 is 1.08. The van der Waals surface area contributed by atoms with Gasteiger partial charge in [0.15, 0.2) is 0 Å². The van der Waals surface area contributed by atoms with Crippen LogP contribution in [0.3, 0.4) is 0 Å². The molecule has 0 spiro atoms. The van der Waals surface area contributed by atoms with E-state index in [1.54, 1.807) is 16.2 Å². The van der Waals surface area contributed by atoms with Gasteiger partial charge in [0.1, 0.15) is 0 Å². The van der Waals surface area contributed by atoms with Gasteiger partial charge in [0.2, 0.25) is 5.91 Å². The number of carbonyl (C=O) groups excluding carboxylic acids is 1. The van der Waals surface area contributed by atoms with Crippen LogP contribution in [-0.2, 0) is 11.3 Å². The molecule has 0 radical (unpaired) electrons. The third-order valence-electron chi connectivity index (χ3n) is 3.07. The number of amides is 1. The minimum absolute atomic E-state index is 0. The molecule has 0 aliphatic carbocycles. The van der Waals surface area contributed by atoms with Crippen molar-refractivity contribution in [2.45, 2.75) is 19.0 Å². The number of benzene rings is 1. The van der Waals surface area contributed by atoms with Gasteiger partial charge in [0, 0.05) is 24.4 Å². The van der Waals surface area contributed by atoms with E-state index in [0.717, 1.165) is 14.2 Å². The molecule has 21 heavy (non-hydrogen) atoms. The van der Waals surface area contributed by atoms with Crippen LogP contribution in [0.5, 0.6) is 0 Å². The lowest BCUT2D eigenvalue weighted by molar-refractivity contribution is -0.130. The van der Waals surface area contributed by atoms with E-state index < -0.39 is 0 Å². The van der Waals surface area contributed by atoms with E-state index in [-0.39, 0.29) is 24.4 Å². The van der Waals surface area contributed by atoms with E-state index in [1.807, 2.05) is 49.5 Å². The minimum atomic E-state index is -0.249. The van der Waals surface area contributed by atoms with Crippen molar-refractivity contribution in [2.75, 3.05) is 7.05 Å². The number of hydrogen-bond acceptors (Lipinski definition) is 3. The van der Waals surface area contributed by atoms with Crippen molar-refractivity contribution in [3.63, 3.8) is 0 Å². The van der Waals surface area contributed by atoms with Gasteiger partial charge >= 0.3 is 0 Å². The highest BCUT2D eigenvalue weighted by Gasteiger charge is 2.15. The Hall–Kier alpha value is -0.880. The molecule has 3 nitrogen and oxygen atoms in total. The first kappa shape index (κ1) is 18.2. The van der Waals surface area contributed by atoms with Gasteiger partial charge in [-0.3, -0.25) is 4.79 Å². The molecule has 1 heterocycles. The minimum Gasteiger partial charge on any atom is -0.341 e. The number of rotatable bonds is 5. The Balaban J connectivity index is 0.00000220. The molecule has 1 amide bonds. The molecule has 114 valence electrons. The zero-order chi connectivity index (χ0) is 14.5. The predicted molar refractivity (Wildman–Crippen MR) is 93.7 cm³/mol. The van der Waals surface area contributed by atoms with Crippen molar-refractivity contribution in [2.24, 2.45) is 5.73 Å². The zero-order valence-electron chi connectivity index (χ0n) is 11.7. The molecule has 6 heteroatoms. The fraction of sp³-hybridized carbons (Fsp3) is 0.267. The molecule has 0 bridgehead atoms. The van der Waals surface area contributed by atoms with Gasteiger partial charge < -0.3 is 10.6 Å². The van der Waals surface area contributed by atoms with Crippen molar-refractivity contribution < 1.29 is 4.79 Å². The number of thiophene rings is 1. The summed E-state index contributed by atoms with van der Waals surface area (Å²) in [5.41, 5.74) is 7.07. The number of halogens is 2. The summed E-state index contributed by atoms with van der Waals surface area (Å²) in [6.45, 7) is 0.622. The lowest BCUT2D eigenvalue weighted by Crippen LogP contribution is -2.29. The number of nitrogens with zero attached hydrogens (tertiary/aromatic N) is 1. The zero-order valence-corrected chi connectivity index (χ0v) is 14.9. The summed E-state index contributed by atoms with van der Waals surface area (Å²) in [6, 6.07) is 13.5. The maximum absolute atomic E-state index is 12.2. The first-order valence-electron chi connectivity index (χ1n) is 6.35. The largest absolute Gasteiger partial charge is 0.341 e. The summed E-state index contributed by atoms with van der Waals surface area (Å²) in [7, 11) is 1.81. The smallest absolute Gasteiger partial charge is 0.224 e. The molecule has 1 aromatic carbocycles. The van der Waals surface area contributed by atoms with E-state index in [9.17, 15) is 4.79 Å². The summed E-state index contributed by atoms with van der Waals surface area (Å²) in [5, 5.41) is 0. The van der Waals surface area contributed by atoms with Crippen LogP contribution < -0.4 is 5.73 Å². The Morgan fingerprint density at radius 1 is 1.29 bits per heavy atom. The van der Waals surface area contributed by atoms with Crippen LogP contribution in [0.4, 0.5) is 0 Å². The first-order valence-corrected chi connectivity index (χ1v) is 7.96. The second-order valence-electron chi connectivity index (χ2n) is 4.68. The van der Waals surface area contributed by atoms with Crippen LogP contribution in [0, 0.1) is 0 Å². The molecule has 0 saturated carbocycles. The summed E-state index contributed by atoms with van der Waals surface area (Å²) in [4.78, 5) is 15.1. The molecule has 2 N–H and O–H groups in total. The number of carbonyl (C=O) groups is 1. The molecule has 1 aromatic heterocycles. The van der Waals surface area contributed by atoms with Gasteiger partial charge in [-0.25, -0.2) is 0 Å². The lowest BCUT2D eigenvalue weighted by Gasteiger charge is -2.19. The van der Waals surface area contributed by atoms with Crippen molar-refractivity contribution in [3.05, 3.63) is 56.7 Å². The third kappa shape index (κ3) is 5.43. The summed E-state index contributed by atoms with van der Waals surface area (Å²) in [6.07, 6.45) is 0.326. The topological polar surface area (TPSA) is 46.3 Å². The molecule has 0 saturated heterocycles. The van der Waals surface area contributed by atoms with E-state index in [0.29, 0.717) is 13.0 Å². The van der Waals surface area contributed by atoms with Gasteiger partial charge in [-0.15, -0.1) is 23.7 Å². The van der Waals surface area contributed by atoms with Crippen molar-refractivity contribution in [1.82, 2.24) is 4.90 Å². The molecule has 2 rings (SSSR count). The normalized spacial score (nSPS) is 11.6. The highest BCUT2D eigenvalue weighted by atomic mass is 79.9. The Labute approximate surface area is 143 Å². The first-order chi connectivity index (χ1) is 9.56. The van der Waals surface area contributed by atoms with Crippen LogP contribution in [0.2, 0.25) is 0 Å². The Kier molecular flexibility index (Phi) is 7.39. The maximum atomic E-state index is 12.2. The van der Waals surface area contributed by atoms with Gasteiger partial charge in [-0.05, 0) is 33.6 Å². The standard InChI is InChI=1S/C15H17BrN2OS.ClH/c1-18(10-12-7-8-14(16)20-12)15(19)9-13(17)11-5-3-2-4-6-11;/h2-8,13H,9-10,17H2,1H3;1H. The molecule has 2 aromatic rings. The number of hydrogen-bond donors (Lipinski definition) is 1. The van der Waals surface area contributed by atoms with Crippen molar-refractivity contribution in [1.29, 1.82) is 0 Å². The average molecular weight is 390 g/mol. The molecule has 0 fully saturated rings. The summed E-state index contributed by atoms with van der Waals surface area (Å²) >= 11 is 5.07. The molecule has 0 aliphatic rings. The fourth-order valence-corrected chi connectivity index (χ4v) is 3.46. The second-order valence-corrected chi connectivity index (χ2v) is 7.22. The monoisotopic (exact) mass is 388 g/mol.